The Morgan fingerprint density at radius 1 is 1.21 bits per heavy atom. The Balaban J connectivity index is 1.40. The smallest absolute Gasteiger partial charge is 0.285 e. The number of carbonyl (C=O) groups is 1. The summed E-state index contributed by atoms with van der Waals surface area (Å²) in [5.41, 5.74) is 1.56. The number of hydrogen-bond acceptors (Lipinski definition) is 6. The SMILES string of the molecule is CC(C)(C)c1csc(NC(=O)C2CCN(C3=NS(=O)(=O)c4ccccc43)CC2)n1. The lowest BCUT2D eigenvalue weighted by Gasteiger charge is -2.32. The summed E-state index contributed by atoms with van der Waals surface area (Å²) in [7, 11) is -3.62. The Morgan fingerprint density at radius 3 is 2.55 bits per heavy atom. The number of benzene rings is 1. The molecule has 1 N–H and O–H groups in total. The molecule has 154 valence electrons. The van der Waals surface area contributed by atoms with Gasteiger partial charge in [-0.15, -0.1) is 15.7 Å². The third-order valence-electron chi connectivity index (χ3n) is 5.28. The van der Waals surface area contributed by atoms with Crippen LogP contribution < -0.4 is 5.32 Å². The van der Waals surface area contributed by atoms with Crippen LogP contribution in [-0.4, -0.2) is 43.1 Å². The van der Waals surface area contributed by atoms with E-state index in [0.29, 0.717) is 42.5 Å². The normalized spacial score (nSPS) is 19.0. The molecule has 0 saturated carbocycles. The molecule has 0 aliphatic carbocycles. The fraction of sp³-hybridized carbons (Fsp3) is 0.450. The highest BCUT2D eigenvalue weighted by Crippen LogP contribution is 2.31. The quantitative estimate of drug-likeness (QED) is 0.787. The molecule has 2 aliphatic heterocycles. The number of nitrogens with one attached hydrogen (secondary N) is 1. The lowest BCUT2D eigenvalue weighted by Crippen LogP contribution is -2.41. The minimum atomic E-state index is -3.62. The zero-order valence-corrected chi connectivity index (χ0v) is 18.3. The number of anilines is 1. The van der Waals surface area contributed by atoms with Gasteiger partial charge in [-0.3, -0.25) is 4.79 Å². The Labute approximate surface area is 174 Å². The van der Waals surface area contributed by atoms with E-state index in [9.17, 15) is 13.2 Å². The first-order valence-electron chi connectivity index (χ1n) is 9.61. The molecule has 1 amide bonds. The highest BCUT2D eigenvalue weighted by Gasteiger charge is 2.34. The first-order valence-corrected chi connectivity index (χ1v) is 11.9. The van der Waals surface area contributed by atoms with Crippen molar-refractivity contribution in [1.82, 2.24) is 9.88 Å². The van der Waals surface area contributed by atoms with E-state index in [-0.39, 0.29) is 22.1 Å². The number of thiazole rings is 1. The van der Waals surface area contributed by atoms with Gasteiger partial charge in [0.15, 0.2) is 11.0 Å². The molecule has 1 aromatic carbocycles. The number of nitrogens with zero attached hydrogens (tertiary/aromatic N) is 3. The van der Waals surface area contributed by atoms with Crippen LogP contribution in [0, 0.1) is 5.92 Å². The molecule has 2 aliphatic rings. The van der Waals surface area contributed by atoms with Crippen LogP contribution in [0.4, 0.5) is 5.13 Å². The van der Waals surface area contributed by atoms with E-state index in [4.69, 9.17) is 0 Å². The molecule has 3 heterocycles. The molecule has 0 unspecified atom stereocenters. The second kappa shape index (κ2) is 7.21. The lowest BCUT2D eigenvalue weighted by atomic mass is 9.93. The number of sulfonamides is 1. The lowest BCUT2D eigenvalue weighted by molar-refractivity contribution is -0.120. The number of rotatable bonds is 2. The van der Waals surface area contributed by atoms with Gasteiger partial charge in [-0.25, -0.2) is 4.98 Å². The number of carbonyl (C=O) groups excluding carboxylic acids is 1. The van der Waals surface area contributed by atoms with Crippen molar-refractivity contribution in [1.29, 1.82) is 0 Å². The number of amides is 1. The third kappa shape index (κ3) is 3.93. The average molecular weight is 433 g/mol. The third-order valence-corrected chi connectivity index (χ3v) is 7.36. The minimum absolute atomic E-state index is 0.0270. The van der Waals surface area contributed by atoms with Crippen LogP contribution in [0.3, 0.4) is 0 Å². The molecule has 4 rings (SSSR count). The van der Waals surface area contributed by atoms with Crippen molar-refractivity contribution in [2.75, 3.05) is 18.4 Å². The second-order valence-corrected chi connectivity index (χ2v) is 10.9. The molecule has 0 bridgehead atoms. The predicted molar refractivity (Wildman–Crippen MR) is 114 cm³/mol. The van der Waals surface area contributed by atoms with E-state index < -0.39 is 10.0 Å². The number of fused-ring (bicyclic) bond motifs is 1. The number of likely N-dealkylation sites (tertiary alicyclic amines) is 1. The summed E-state index contributed by atoms with van der Waals surface area (Å²) >= 11 is 1.44. The average Bonchev–Trinajstić information content (AvgIpc) is 3.25. The van der Waals surface area contributed by atoms with Gasteiger partial charge in [0.25, 0.3) is 10.0 Å². The number of amidine groups is 1. The van der Waals surface area contributed by atoms with Gasteiger partial charge in [-0.2, -0.15) is 8.42 Å². The standard InChI is InChI=1S/C20H24N4O3S2/c1-20(2,3)16-12-28-19(21-16)22-18(25)13-8-10-24(11-9-13)17-14-6-4-5-7-15(14)29(26,27)23-17/h4-7,12-13H,8-11H2,1-3H3,(H,21,22,25). The number of piperidine rings is 1. The van der Waals surface area contributed by atoms with Crippen molar-refractivity contribution in [2.24, 2.45) is 10.3 Å². The maximum atomic E-state index is 12.7. The molecule has 1 aromatic heterocycles. The molecule has 9 heteroatoms. The zero-order valence-electron chi connectivity index (χ0n) is 16.7. The van der Waals surface area contributed by atoms with Gasteiger partial charge in [0.05, 0.1) is 5.69 Å². The van der Waals surface area contributed by atoms with Crippen molar-refractivity contribution in [3.8, 4) is 0 Å². The highest BCUT2D eigenvalue weighted by atomic mass is 32.2. The van der Waals surface area contributed by atoms with Crippen LogP contribution >= 0.6 is 11.3 Å². The van der Waals surface area contributed by atoms with E-state index in [1.165, 1.54) is 11.3 Å². The summed E-state index contributed by atoms with van der Waals surface area (Å²) in [6, 6.07) is 6.89. The molecule has 0 spiro atoms. The number of aromatic nitrogens is 1. The molecule has 29 heavy (non-hydrogen) atoms. The van der Waals surface area contributed by atoms with Crippen LogP contribution in [-0.2, 0) is 20.2 Å². The van der Waals surface area contributed by atoms with Crippen LogP contribution in [0.2, 0.25) is 0 Å². The van der Waals surface area contributed by atoms with Gasteiger partial charge in [-0.05, 0) is 25.0 Å². The van der Waals surface area contributed by atoms with Gasteiger partial charge in [-0.1, -0.05) is 32.9 Å². The first-order chi connectivity index (χ1) is 13.6. The largest absolute Gasteiger partial charge is 0.355 e. The van der Waals surface area contributed by atoms with E-state index in [1.54, 1.807) is 18.2 Å². The molecule has 1 fully saturated rings. The van der Waals surface area contributed by atoms with E-state index in [1.807, 2.05) is 16.3 Å². The molecule has 1 saturated heterocycles. The van der Waals surface area contributed by atoms with Crippen molar-refractivity contribution in [3.05, 3.63) is 40.9 Å². The van der Waals surface area contributed by atoms with E-state index >= 15 is 0 Å². The Morgan fingerprint density at radius 2 is 1.90 bits per heavy atom. The second-order valence-electron chi connectivity index (χ2n) is 8.42. The van der Waals surface area contributed by atoms with Crippen molar-refractivity contribution < 1.29 is 13.2 Å². The molecule has 7 nitrogen and oxygen atoms in total. The van der Waals surface area contributed by atoms with Crippen molar-refractivity contribution >= 4 is 38.2 Å². The van der Waals surface area contributed by atoms with Crippen LogP contribution in [0.15, 0.2) is 38.9 Å². The van der Waals surface area contributed by atoms with Crippen LogP contribution in [0.5, 0.6) is 0 Å². The van der Waals surface area contributed by atoms with E-state index in [2.05, 4.69) is 35.5 Å². The monoisotopic (exact) mass is 432 g/mol. The van der Waals surface area contributed by atoms with Gasteiger partial charge in [0, 0.05) is 35.4 Å². The maximum Gasteiger partial charge on any atom is 0.285 e. The molecular formula is C20H24N4O3S2. The summed E-state index contributed by atoms with van der Waals surface area (Å²) in [5, 5.41) is 5.55. The molecule has 2 aromatic rings. The van der Waals surface area contributed by atoms with Gasteiger partial charge in [0.2, 0.25) is 5.91 Å². The Bertz CT molecular complexity index is 1080. The summed E-state index contributed by atoms with van der Waals surface area (Å²) < 4.78 is 28.5. The Hall–Kier alpha value is -2.26. The summed E-state index contributed by atoms with van der Waals surface area (Å²) in [4.78, 5) is 19.4. The van der Waals surface area contributed by atoms with Gasteiger partial charge in [0.1, 0.15) is 4.90 Å². The summed E-state index contributed by atoms with van der Waals surface area (Å²) in [5.74, 6) is 0.345. The Kier molecular flexibility index (Phi) is 4.98. The van der Waals surface area contributed by atoms with Crippen LogP contribution in [0.1, 0.15) is 44.9 Å². The van der Waals surface area contributed by atoms with Crippen LogP contribution in [0.25, 0.3) is 0 Å². The maximum absolute atomic E-state index is 12.7. The fourth-order valence-electron chi connectivity index (χ4n) is 3.55. The topological polar surface area (TPSA) is 91.7 Å². The summed E-state index contributed by atoms with van der Waals surface area (Å²) in [6.07, 6.45) is 1.29. The minimum Gasteiger partial charge on any atom is -0.355 e. The predicted octanol–water partition coefficient (Wildman–Crippen LogP) is 3.24. The molecule has 0 radical (unpaired) electrons. The zero-order chi connectivity index (χ0) is 20.8. The summed E-state index contributed by atoms with van der Waals surface area (Å²) in [6.45, 7) is 7.45. The van der Waals surface area contributed by atoms with E-state index in [0.717, 1.165) is 5.69 Å². The van der Waals surface area contributed by atoms with Crippen molar-refractivity contribution in [3.63, 3.8) is 0 Å². The molecular weight excluding hydrogens is 408 g/mol. The number of hydrogen-bond donors (Lipinski definition) is 1. The van der Waals surface area contributed by atoms with Gasteiger partial charge < -0.3 is 10.2 Å². The van der Waals surface area contributed by atoms with Crippen molar-refractivity contribution in [2.45, 2.75) is 43.9 Å². The first kappa shape index (κ1) is 20.0. The highest BCUT2D eigenvalue weighted by molar-refractivity contribution is 7.90. The van der Waals surface area contributed by atoms with Gasteiger partial charge >= 0.3 is 0 Å². The molecule has 0 atom stereocenters. The fourth-order valence-corrected chi connectivity index (χ4v) is 5.72.